The summed E-state index contributed by atoms with van der Waals surface area (Å²) in [4.78, 5) is 0. The van der Waals surface area contributed by atoms with Crippen molar-refractivity contribution in [2.75, 3.05) is 0 Å². The lowest BCUT2D eigenvalue weighted by Gasteiger charge is -2.10. The number of fused-ring (bicyclic) bond motifs is 1. The van der Waals surface area contributed by atoms with Gasteiger partial charge in [-0.3, -0.25) is 0 Å². The van der Waals surface area contributed by atoms with Crippen molar-refractivity contribution >= 4 is 0 Å². The van der Waals surface area contributed by atoms with Crippen molar-refractivity contribution in [3.05, 3.63) is 35.9 Å². The maximum atomic E-state index is 10.5. The monoisotopic (exact) mass is 216 g/mol. The number of hydrogen-bond donors (Lipinski definition) is 1. The van der Waals surface area contributed by atoms with Crippen LogP contribution in [-0.4, -0.2) is 10.7 Å². The molecule has 2 saturated carbocycles. The molecule has 0 aliphatic heterocycles. The summed E-state index contributed by atoms with van der Waals surface area (Å²) in [6.07, 6.45) is 7.17. The molecule has 0 bridgehead atoms. The molecule has 1 aromatic rings. The maximum absolute atomic E-state index is 10.5. The SMILES string of the molecule is OC1(CCc2ccccc2)C2CCCCC21. The van der Waals surface area contributed by atoms with Gasteiger partial charge in [-0.05, 0) is 43.1 Å². The summed E-state index contributed by atoms with van der Waals surface area (Å²) >= 11 is 0. The Morgan fingerprint density at radius 2 is 1.69 bits per heavy atom. The summed E-state index contributed by atoms with van der Waals surface area (Å²) in [6, 6.07) is 10.5. The van der Waals surface area contributed by atoms with Crippen molar-refractivity contribution in [1.29, 1.82) is 0 Å². The summed E-state index contributed by atoms with van der Waals surface area (Å²) in [7, 11) is 0. The molecular weight excluding hydrogens is 196 g/mol. The minimum Gasteiger partial charge on any atom is -0.389 e. The molecule has 0 heterocycles. The van der Waals surface area contributed by atoms with Gasteiger partial charge in [0.2, 0.25) is 0 Å². The fraction of sp³-hybridized carbons (Fsp3) is 0.600. The molecule has 2 unspecified atom stereocenters. The predicted molar refractivity (Wildman–Crippen MR) is 65.2 cm³/mol. The quantitative estimate of drug-likeness (QED) is 0.822. The van der Waals surface area contributed by atoms with E-state index in [4.69, 9.17) is 0 Å². The van der Waals surface area contributed by atoms with Crippen LogP contribution < -0.4 is 0 Å². The zero-order valence-electron chi connectivity index (χ0n) is 9.73. The van der Waals surface area contributed by atoms with E-state index in [1.807, 2.05) is 0 Å². The minimum atomic E-state index is -0.299. The second-order valence-corrected chi connectivity index (χ2v) is 5.47. The largest absolute Gasteiger partial charge is 0.389 e. The van der Waals surface area contributed by atoms with Crippen LogP contribution in [0.4, 0.5) is 0 Å². The van der Waals surface area contributed by atoms with E-state index >= 15 is 0 Å². The van der Waals surface area contributed by atoms with Crippen molar-refractivity contribution in [1.82, 2.24) is 0 Å². The highest BCUT2D eigenvalue weighted by molar-refractivity contribution is 5.18. The Kier molecular flexibility index (Phi) is 2.51. The molecule has 1 heteroatoms. The lowest BCUT2D eigenvalue weighted by Crippen LogP contribution is -2.13. The number of benzene rings is 1. The normalized spacial score (nSPS) is 36.8. The second-order valence-electron chi connectivity index (χ2n) is 5.47. The third-order valence-electron chi connectivity index (χ3n) is 4.60. The van der Waals surface area contributed by atoms with E-state index < -0.39 is 0 Å². The zero-order chi connectivity index (χ0) is 11.0. The van der Waals surface area contributed by atoms with Gasteiger partial charge < -0.3 is 5.11 Å². The smallest absolute Gasteiger partial charge is 0.0714 e. The summed E-state index contributed by atoms with van der Waals surface area (Å²) < 4.78 is 0. The Bertz CT molecular complexity index is 345. The van der Waals surface area contributed by atoms with Crippen LogP contribution in [-0.2, 0) is 6.42 Å². The van der Waals surface area contributed by atoms with Gasteiger partial charge in [-0.15, -0.1) is 0 Å². The van der Waals surface area contributed by atoms with Crippen LogP contribution in [0, 0.1) is 11.8 Å². The first-order chi connectivity index (χ1) is 7.81. The molecular formula is C15H20O. The maximum Gasteiger partial charge on any atom is 0.0714 e. The molecule has 1 N–H and O–H groups in total. The van der Waals surface area contributed by atoms with E-state index in [-0.39, 0.29) is 5.60 Å². The highest BCUT2D eigenvalue weighted by atomic mass is 16.3. The highest BCUT2D eigenvalue weighted by Crippen LogP contribution is 2.60. The van der Waals surface area contributed by atoms with Gasteiger partial charge in [-0.2, -0.15) is 0 Å². The Labute approximate surface area is 97.5 Å². The highest BCUT2D eigenvalue weighted by Gasteiger charge is 2.62. The summed E-state index contributed by atoms with van der Waals surface area (Å²) in [6.45, 7) is 0. The van der Waals surface area contributed by atoms with Crippen molar-refractivity contribution in [3.8, 4) is 0 Å². The standard InChI is InChI=1S/C15H20O/c16-15(13-8-4-5-9-14(13)15)11-10-12-6-2-1-3-7-12/h1-3,6-7,13-14,16H,4-5,8-11H2. The van der Waals surface area contributed by atoms with Crippen molar-refractivity contribution in [2.24, 2.45) is 11.8 Å². The Morgan fingerprint density at radius 3 is 2.31 bits per heavy atom. The van der Waals surface area contributed by atoms with E-state index in [0.29, 0.717) is 11.8 Å². The lowest BCUT2D eigenvalue weighted by atomic mass is 10.0. The minimum absolute atomic E-state index is 0.299. The Hall–Kier alpha value is -0.820. The molecule has 0 saturated heterocycles. The molecule has 1 nitrogen and oxygen atoms in total. The van der Waals surface area contributed by atoms with Crippen LogP contribution in [0.3, 0.4) is 0 Å². The first-order valence-corrected chi connectivity index (χ1v) is 6.57. The van der Waals surface area contributed by atoms with Crippen LogP contribution in [0.1, 0.15) is 37.7 Å². The Balaban J connectivity index is 1.60. The number of aliphatic hydroxyl groups is 1. The first kappa shape index (κ1) is 10.3. The van der Waals surface area contributed by atoms with E-state index in [1.165, 1.54) is 31.2 Å². The summed E-state index contributed by atoms with van der Waals surface area (Å²) in [5, 5.41) is 10.5. The zero-order valence-corrected chi connectivity index (χ0v) is 9.73. The lowest BCUT2D eigenvalue weighted by molar-refractivity contribution is 0.109. The molecule has 3 rings (SSSR count). The second kappa shape index (κ2) is 3.89. The Morgan fingerprint density at radius 1 is 1.06 bits per heavy atom. The van der Waals surface area contributed by atoms with Gasteiger partial charge in [0.15, 0.2) is 0 Å². The summed E-state index contributed by atoms with van der Waals surface area (Å²) in [5.74, 6) is 1.26. The van der Waals surface area contributed by atoms with Gasteiger partial charge in [-0.1, -0.05) is 43.2 Å². The molecule has 0 radical (unpaired) electrons. The van der Waals surface area contributed by atoms with Crippen molar-refractivity contribution in [2.45, 2.75) is 44.1 Å². The van der Waals surface area contributed by atoms with E-state index in [0.717, 1.165) is 12.8 Å². The molecule has 0 amide bonds. The molecule has 1 aromatic carbocycles. The number of hydrogen-bond acceptors (Lipinski definition) is 1. The molecule has 16 heavy (non-hydrogen) atoms. The molecule has 2 fully saturated rings. The van der Waals surface area contributed by atoms with Crippen LogP contribution in [0.2, 0.25) is 0 Å². The fourth-order valence-corrected chi connectivity index (χ4v) is 3.58. The third-order valence-corrected chi connectivity index (χ3v) is 4.60. The molecule has 2 atom stereocenters. The topological polar surface area (TPSA) is 20.2 Å². The van der Waals surface area contributed by atoms with Crippen LogP contribution in [0.5, 0.6) is 0 Å². The van der Waals surface area contributed by atoms with E-state index in [2.05, 4.69) is 30.3 Å². The molecule has 0 aromatic heterocycles. The van der Waals surface area contributed by atoms with E-state index in [1.54, 1.807) is 0 Å². The van der Waals surface area contributed by atoms with Crippen LogP contribution in [0.15, 0.2) is 30.3 Å². The third kappa shape index (κ3) is 1.67. The number of aryl methyl sites for hydroxylation is 1. The summed E-state index contributed by atoms with van der Waals surface area (Å²) in [5.41, 5.74) is 1.06. The molecule has 2 aliphatic carbocycles. The molecule has 0 spiro atoms. The van der Waals surface area contributed by atoms with Crippen LogP contribution in [0.25, 0.3) is 0 Å². The number of rotatable bonds is 3. The fourth-order valence-electron chi connectivity index (χ4n) is 3.58. The van der Waals surface area contributed by atoms with Gasteiger partial charge >= 0.3 is 0 Å². The van der Waals surface area contributed by atoms with Gasteiger partial charge in [0, 0.05) is 0 Å². The van der Waals surface area contributed by atoms with Crippen LogP contribution >= 0.6 is 0 Å². The first-order valence-electron chi connectivity index (χ1n) is 6.57. The van der Waals surface area contributed by atoms with Gasteiger partial charge in [-0.25, -0.2) is 0 Å². The van der Waals surface area contributed by atoms with Gasteiger partial charge in [0.25, 0.3) is 0 Å². The average Bonchev–Trinajstić information content (AvgIpc) is 2.96. The van der Waals surface area contributed by atoms with Crippen molar-refractivity contribution < 1.29 is 5.11 Å². The van der Waals surface area contributed by atoms with Gasteiger partial charge in [0.1, 0.15) is 0 Å². The average molecular weight is 216 g/mol. The van der Waals surface area contributed by atoms with E-state index in [9.17, 15) is 5.11 Å². The predicted octanol–water partition coefficient (Wildman–Crippen LogP) is 3.17. The molecule has 2 aliphatic rings. The van der Waals surface area contributed by atoms with Gasteiger partial charge in [0.05, 0.1) is 5.60 Å². The molecule has 86 valence electrons. The van der Waals surface area contributed by atoms with Crippen molar-refractivity contribution in [3.63, 3.8) is 0 Å².